The summed E-state index contributed by atoms with van der Waals surface area (Å²) in [5, 5.41) is 13.4. The lowest BCUT2D eigenvalue weighted by atomic mass is 9.90. The van der Waals surface area contributed by atoms with Gasteiger partial charge in [0.1, 0.15) is 28.3 Å². The van der Waals surface area contributed by atoms with E-state index in [-0.39, 0.29) is 29.7 Å². The van der Waals surface area contributed by atoms with Crippen molar-refractivity contribution in [1.82, 2.24) is 19.8 Å². The van der Waals surface area contributed by atoms with Crippen LogP contribution in [0.1, 0.15) is 42.1 Å². The molecule has 2 aromatic rings. The van der Waals surface area contributed by atoms with Crippen LogP contribution in [0.3, 0.4) is 0 Å². The molecule has 6 rings (SSSR count). The minimum Gasteiger partial charge on any atom is -0.483 e. The lowest BCUT2D eigenvalue weighted by Crippen LogP contribution is -2.62. The number of likely N-dealkylation sites (tertiary alicyclic amines) is 2. The summed E-state index contributed by atoms with van der Waals surface area (Å²) in [5.41, 5.74) is 3.87. The number of nitrogens with one attached hydrogen (secondary N) is 1. The monoisotopic (exact) mass is 581 g/mol. The fourth-order valence-electron chi connectivity index (χ4n) is 6.06. The highest BCUT2D eigenvalue weighted by Crippen LogP contribution is 2.41. The summed E-state index contributed by atoms with van der Waals surface area (Å²) in [7, 11) is -3.14. The predicted octanol–water partition coefficient (Wildman–Crippen LogP) is 1.65. The van der Waals surface area contributed by atoms with Gasteiger partial charge >= 0.3 is 0 Å². The zero-order chi connectivity index (χ0) is 28.6. The van der Waals surface area contributed by atoms with Crippen LogP contribution in [0.2, 0.25) is 0 Å². The Morgan fingerprint density at radius 3 is 2.66 bits per heavy atom. The molecule has 0 unspecified atom stereocenters. The Bertz CT molecular complexity index is 1460. The Morgan fingerprint density at radius 2 is 1.95 bits per heavy atom. The summed E-state index contributed by atoms with van der Waals surface area (Å²) < 4.78 is 34.4. The number of sulfone groups is 1. The molecule has 0 bridgehead atoms. The van der Waals surface area contributed by atoms with Crippen molar-refractivity contribution in [2.45, 2.75) is 37.8 Å². The maximum absolute atomic E-state index is 12.3. The van der Waals surface area contributed by atoms with E-state index >= 15 is 0 Å². The molecule has 4 aliphatic heterocycles. The van der Waals surface area contributed by atoms with Crippen LogP contribution in [0.4, 0.5) is 17.2 Å². The summed E-state index contributed by atoms with van der Waals surface area (Å²) in [6.07, 6.45) is 4.79. The quantitative estimate of drug-likeness (QED) is 0.532. The SMILES string of the molecule is CS(=O)(=O)CCC(=O)N1CC(N2CCC(c3cc4c(c(C#N)n3)OCc3c(N5CCOCC5)ccnc3N4)CC2)C1. The van der Waals surface area contributed by atoms with Gasteiger partial charge in [-0.1, -0.05) is 0 Å². The highest BCUT2D eigenvalue weighted by molar-refractivity contribution is 7.90. The van der Waals surface area contributed by atoms with Crippen molar-refractivity contribution in [3.8, 4) is 11.8 Å². The standard InChI is InChI=1S/C28H35N7O5S/c1-41(37,38)13-5-26(36)35-16-20(17-35)33-7-3-19(4-8-33)22-14-23-27(24(15-29)31-22)40-18-21-25(2-6-30-28(21)32-23)34-9-11-39-12-10-34/h2,6,14,19-20H,3-5,7-13,16-18H2,1H3,(H,30,32). The third-order valence-corrected chi connectivity index (χ3v) is 9.41. The maximum atomic E-state index is 12.3. The van der Waals surface area contributed by atoms with E-state index in [1.165, 1.54) is 0 Å². The van der Waals surface area contributed by atoms with E-state index in [4.69, 9.17) is 14.5 Å². The van der Waals surface area contributed by atoms with Gasteiger partial charge in [-0.05, 0) is 38.1 Å². The summed E-state index contributed by atoms with van der Waals surface area (Å²) >= 11 is 0. The average Bonchev–Trinajstić information content (AvgIpc) is 3.14. The molecule has 3 saturated heterocycles. The van der Waals surface area contributed by atoms with Crippen LogP contribution in [-0.4, -0.2) is 105 Å². The Labute approximate surface area is 240 Å². The van der Waals surface area contributed by atoms with Gasteiger partial charge in [0.25, 0.3) is 0 Å². The second-order valence-corrected chi connectivity index (χ2v) is 13.5. The third kappa shape index (κ3) is 5.95. The van der Waals surface area contributed by atoms with Crippen molar-refractivity contribution in [2.75, 3.05) is 74.7 Å². The first-order chi connectivity index (χ1) is 19.8. The van der Waals surface area contributed by atoms with Crippen LogP contribution < -0.4 is 15.0 Å². The lowest BCUT2D eigenvalue weighted by Gasteiger charge is -2.47. The molecule has 3 fully saturated rings. The van der Waals surface area contributed by atoms with E-state index in [0.717, 1.165) is 68.0 Å². The van der Waals surface area contributed by atoms with Crippen molar-refractivity contribution >= 4 is 32.9 Å². The van der Waals surface area contributed by atoms with Crippen molar-refractivity contribution in [3.63, 3.8) is 0 Å². The first kappa shape index (κ1) is 27.7. The molecule has 0 atom stereocenters. The number of morpholine rings is 1. The molecule has 0 saturated carbocycles. The van der Waals surface area contributed by atoms with Crippen LogP contribution in [0.25, 0.3) is 0 Å². The number of pyridine rings is 2. The van der Waals surface area contributed by atoms with Crippen molar-refractivity contribution in [2.24, 2.45) is 0 Å². The third-order valence-electron chi connectivity index (χ3n) is 8.46. The second kappa shape index (κ2) is 11.4. The number of carbonyl (C=O) groups is 1. The van der Waals surface area contributed by atoms with Gasteiger partial charge in [-0.3, -0.25) is 9.69 Å². The first-order valence-corrected chi connectivity index (χ1v) is 16.2. The normalized spacial score (nSPS) is 20.1. The molecular formula is C28H35N7O5S. The molecule has 0 spiro atoms. The summed E-state index contributed by atoms with van der Waals surface area (Å²) in [6, 6.07) is 6.54. The Morgan fingerprint density at radius 1 is 1.20 bits per heavy atom. The molecule has 1 amide bonds. The van der Waals surface area contributed by atoms with E-state index < -0.39 is 9.84 Å². The van der Waals surface area contributed by atoms with E-state index in [2.05, 4.69) is 26.2 Å². The summed E-state index contributed by atoms with van der Waals surface area (Å²) in [6.45, 7) is 6.28. The molecule has 6 heterocycles. The van der Waals surface area contributed by atoms with E-state index in [0.29, 0.717) is 50.4 Å². The van der Waals surface area contributed by atoms with Gasteiger partial charge in [0, 0.05) is 68.4 Å². The minimum atomic E-state index is -3.14. The van der Waals surface area contributed by atoms with E-state index in [1.807, 2.05) is 12.1 Å². The number of amides is 1. The molecule has 0 radical (unpaired) electrons. The van der Waals surface area contributed by atoms with Gasteiger partial charge in [-0.2, -0.15) is 5.26 Å². The zero-order valence-electron chi connectivity index (χ0n) is 23.2. The topological polar surface area (TPSA) is 141 Å². The summed E-state index contributed by atoms with van der Waals surface area (Å²) in [5.74, 6) is 1.18. The van der Waals surface area contributed by atoms with Crippen molar-refractivity contribution in [1.29, 1.82) is 5.26 Å². The number of carbonyl (C=O) groups excluding carboxylic acids is 1. The van der Waals surface area contributed by atoms with E-state index in [9.17, 15) is 18.5 Å². The predicted molar refractivity (Wildman–Crippen MR) is 152 cm³/mol. The maximum Gasteiger partial charge on any atom is 0.223 e. The van der Waals surface area contributed by atoms with Crippen LogP contribution in [0, 0.1) is 11.3 Å². The largest absolute Gasteiger partial charge is 0.483 e. The smallest absolute Gasteiger partial charge is 0.223 e. The van der Waals surface area contributed by atoms with E-state index in [1.54, 1.807) is 11.1 Å². The number of rotatable bonds is 6. The molecule has 12 nitrogen and oxygen atoms in total. The van der Waals surface area contributed by atoms with Gasteiger partial charge in [0.2, 0.25) is 5.91 Å². The fourth-order valence-corrected chi connectivity index (χ4v) is 6.61. The number of aromatic nitrogens is 2. The molecule has 1 N–H and O–H groups in total. The lowest BCUT2D eigenvalue weighted by molar-refractivity contribution is -0.138. The average molecular weight is 582 g/mol. The number of nitriles is 1. The fraction of sp³-hybridized carbons (Fsp3) is 0.571. The second-order valence-electron chi connectivity index (χ2n) is 11.2. The molecular weight excluding hydrogens is 546 g/mol. The highest BCUT2D eigenvalue weighted by Gasteiger charge is 2.37. The molecule has 2 aromatic heterocycles. The number of piperidine rings is 1. The van der Waals surface area contributed by atoms with Gasteiger partial charge in [-0.25, -0.2) is 18.4 Å². The number of nitrogens with zero attached hydrogens (tertiary/aromatic N) is 6. The molecule has 0 aliphatic carbocycles. The Kier molecular flexibility index (Phi) is 7.72. The van der Waals surface area contributed by atoms with Gasteiger partial charge < -0.3 is 24.6 Å². The highest BCUT2D eigenvalue weighted by atomic mass is 32.2. The van der Waals surface area contributed by atoms with Crippen LogP contribution >= 0.6 is 0 Å². The number of anilines is 3. The van der Waals surface area contributed by atoms with Crippen LogP contribution in [0.15, 0.2) is 18.3 Å². The molecule has 218 valence electrons. The molecule has 0 aromatic carbocycles. The number of ether oxygens (including phenoxy) is 2. The molecule has 4 aliphatic rings. The van der Waals surface area contributed by atoms with Crippen LogP contribution in [0.5, 0.6) is 5.75 Å². The van der Waals surface area contributed by atoms with Gasteiger partial charge in [0.05, 0.1) is 30.2 Å². The summed E-state index contributed by atoms with van der Waals surface area (Å²) in [4.78, 5) is 28.1. The Hall–Kier alpha value is -3.47. The van der Waals surface area contributed by atoms with Crippen LogP contribution in [-0.2, 0) is 26.0 Å². The Balaban J connectivity index is 1.11. The molecule has 41 heavy (non-hydrogen) atoms. The van der Waals surface area contributed by atoms with Gasteiger partial charge in [-0.15, -0.1) is 0 Å². The number of fused-ring (bicyclic) bond motifs is 2. The van der Waals surface area contributed by atoms with Crippen molar-refractivity contribution in [3.05, 3.63) is 35.3 Å². The minimum absolute atomic E-state index is 0.0468. The first-order valence-electron chi connectivity index (χ1n) is 14.1. The number of hydrogen-bond donors (Lipinski definition) is 1. The number of hydrogen-bond acceptors (Lipinski definition) is 11. The van der Waals surface area contributed by atoms with Crippen molar-refractivity contribution < 1.29 is 22.7 Å². The zero-order valence-corrected chi connectivity index (χ0v) is 24.0. The molecule has 13 heteroatoms. The van der Waals surface area contributed by atoms with Gasteiger partial charge in [0.15, 0.2) is 11.4 Å².